The van der Waals surface area contributed by atoms with Gasteiger partial charge < -0.3 is 4.74 Å². The maximum Gasteiger partial charge on any atom is 0.135 e. The van der Waals surface area contributed by atoms with Gasteiger partial charge in [-0.25, -0.2) is 0 Å². The molecule has 0 amide bonds. The van der Waals surface area contributed by atoms with Crippen LogP contribution in [0, 0.1) is 0 Å². The lowest BCUT2D eigenvalue weighted by molar-refractivity contribution is -0.122. The third-order valence-corrected chi connectivity index (χ3v) is 4.23. The summed E-state index contributed by atoms with van der Waals surface area (Å²) in [4.78, 5) is 14.0. The summed E-state index contributed by atoms with van der Waals surface area (Å²) in [5, 5.41) is 0. The number of fused-ring (bicyclic) bond motifs is 1. The number of piperidine rings is 1. The molecule has 1 aromatic rings. The van der Waals surface area contributed by atoms with Crippen LogP contribution in [-0.4, -0.2) is 36.9 Å². The van der Waals surface area contributed by atoms with Crippen molar-refractivity contribution in [1.29, 1.82) is 0 Å². The minimum absolute atomic E-state index is 0.433. The van der Waals surface area contributed by atoms with E-state index < -0.39 is 0 Å². The summed E-state index contributed by atoms with van der Waals surface area (Å²) < 4.78 is 5.28. The molecule has 0 aliphatic carbocycles. The molecule has 18 heavy (non-hydrogen) atoms. The van der Waals surface area contributed by atoms with Gasteiger partial charge in [0.25, 0.3) is 0 Å². The van der Waals surface area contributed by atoms with Gasteiger partial charge in [-0.05, 0) is 30.0 Å². The Labute approximate surface area is 108 Å². The first-order valence-corrected chi connectivity index (χ1v) is 6.66. The highest BCUT2D eigenvalue weighted by Gasteiger charge is 2.36. The minimum atomic E-state index is 0.433. The van der Waals surface area contributed by atoms with Crippen molar-refractivity contribution < 1.29 is 9.53 Å². The maximum atomic E-state index is 11.5. The highest BCUT2D eigenvalue weighted by Crippen LogP contribution is 2.36. The van der Waals surface area contributed by atoms with Crippen LogP contribution < -0.4 is 4.74 Å². The van der Waals surface area contributed by atoms with Gasteiger partial charge in [-0.2, -0.15) is 0 Å². The topological polar surface area (TPSA) is 29.5 Å². The lowest BCUT2D eigenvalue weighted by Gasteiger charge is -2.27. The largest absolute Gasteiger partial charge is 0.497 e. The predicted octanol–water partition coefficient (Wildman–Crippen LogP) is 2.22. The molecule has 2 atom stereocenters. The maximum absolute atomic E-state index is 11.5. The molecule has 2 saturated heterocycles. The number of nitrogens with zero attached hydrogens (tertiary/aromatic N) is 1. The second-order valence-electron chi connectivity index (χ2n) is 5.35. The molecule has 2 fully saturated rings. The number of methoxy groups -OCH3 is 1. The summed E-state index contributed by atoms with van der Waals surface area (Å²) in [7, 11) is 1.70. The van der Waals surface area contributed by atoms with Gasteiger partial charge in [0, 0.05) is 32.0 Å². The van der Waals surface area contributed by atoms with Crippen molar-refractivity contribution >= 4 is 5.78 Å². The summed E-state index contributed by atoms with van der Waals surface area (Å²) >= 11 is 0. The van der Waals surface area contributed by atoms with Crippen LogP contribution in [-0.2, 0) is 4.79 Å². The van der Waals surface area contributed by atoms with Crippen LogP contribution in [0.4, 0.5) is 0 Å². The van der Waals surface area contributed by atoms with Crippen molar-refractivity contribution in [3.05, 3.63) is 29.8 Å². The van der Waals surface area contributed by atoms with E-state index in [1.165, 1.54) is 5.56 Å². The van der Waals surface area contributed by atoms with E-state index in [0.29, 0.717) is 17.7 Å². The van der Waals surface area contributed by atoms with E-state index in [4.69, 9.17) is 4.74 Å². The highest BCUT2D eigenvalue weighted by atomic mass is 16.5. The first-order valence-electron chi connectivity index (χ1n) is 6.66. The molecule has 2 heterocycles. The van der Waals surface area contributed by atoms with Gasteiger partial charge in [0.05, 0.1) is 7.11 Å². The molecule has 0 aromatic heterocycles. The van der Waals surface area contributed by atoms with Gasteiger partial charge in [0.15, 0.2) is 0 Å². The van der Waals surface area contributed by atoms with E-state index in [1.807, 2.05) is 6.07 Å². The molecular formula is C15H19NO2. The normalized spacial score (nSPS) is 28.2. The number of rotatable bonds is 2. The second kappa shape index (κ2) is 4.73. The van der Waals surface area contributed by atoms with Crippen LogP contribution >= 0.6 is 0 Å². The molecule has 3 nitrogen and oxygen atoms in total. The van der Waals surface area contributed by atoms with Crippen molar-refractivity contribution in [3.8, 4) is 5.75 Å². The summed E-state index contributed by atoms with van der Waals surface area (Å²) in [5.74, 6) is 1.91. The fraction of sp³-hybridized carbons (Fsp3) is 0.533. The zero-order valence-corrected chi connectivity index (χ0v) is 10.8. The molecule has 0 N–H and O–H groups in total. The Morgan fingerprint density at radius 3 is 3.11 bits per heavy atom. The second-order valence-corrected chi connectivity index (χ2v) is 5.35. The number of carbonyl (C=O) groups is 1. The molecular weight excluding hydrogens is 226 g/mol. The summed E-state index contributed by atoms with van der Waals surface area (Å²) in [5.41, 5.74) is 1.34. The quantitative estimate of drug-likeness (QED) is 0.800. The number of benzene rings is 1. The number of ether oxygens (including phenoxy) is 1. The molecule has 3 heteroatoms. The van der Waals surface area contributed by atoms with E-state index in [-0.39, 0.29) is 0 Å². The van der Waals surface area contributed by atoms with E-state index in [2.05, 4.69) is 23.1 Å². The monoisotopic (exact) mass is 245 g/mol. The van der Waals surface area contributed by atoms with Gasteiger partial charge >= 0.3 is 0 Å². The smallest absolute Gasteiger partial charge is 0.135 e. The Hall–Kier alpha value is -1.35. The minimum Gasteiger partial charge on any atom is -0.497 e. The van der Waals surface area contributed by atoms with Crippen molar-refractivity contribution in [2.75, 3.05) is 20.2 Å². The molecule has 0 unspecified atom stereocenters. The van der Waals surface area contributed by atoms with Gasteiger partial charge in [-0.1, -0.05) is 12.1 Å². The molecule has 2 aliphatic heterocycles. The van der Waals surface area contributed by atoms with Crippen LogP contribution in [0.3, 0.4) is 0 Å². The zero-order valence-electron chi connectivity index (χ0n) is 10.8. The Balaban J connectivity index is 1.76. The number of hydrogen-bond acceptors (Lipinski definition) is 3. The fourth-order valence-corrected chi connectivity index (χ4v) is 3.24. The number of ketones is 1. The SMILES string of the molecule is COc1cccc([C@@H]2C[C@H]3CC(=O)CCN3C2)c1. The van der Waals surface area contributed by atoms with E-state index in [0.717, 1.165) is 38.1 Å². The lowest BCUT2D eigenvalue weighted by Crippen LogP contribution is -2.38. The van der Waals surface area contributed by atoms with E-state index in [9.17, 15) is 4.79 Å². The van der Waals surface area contributed by atoms with Crippen LogP contribution in [0.15, 0.2) is 24.3 Å². The molecule has 2 aliphatic rings. The molecule has 0 saturated carbocycles. The van der Waals surface area contributed by atoms with Gasteiger partial charge in [-0.3, -0.25) is 9.69 Å². The van der Waals surface area contributed by atoms with Crippen molar-refractivity contribution in [3.63, 3.8) is 0 Å². The third kappa shape index (κ3) is 2.15. The Morgan fingerprint density at radius 1 is 1.39 bits per heavy atom. The van der Waals surface area contributed by atoms with Gasteiger partial charge in [-0.15, -0.1) is 0 Å². The fourth-order valence-electron chi connectivity index (χ4n) is 3.24. The number of Topliss-reactive ketones (excluding diaryl/α,β-unsaturated/α-hetero) is 1. The third-order valence-electron chi connectivity index (χ3n) is 4.23. The van der Waals surface area contributed by atoms with Crippen molar-refractivity contribution in [2.24, 2.45) is 0 Å². The van der Waals surface area contributed by atoms with Crippen molar-refractivity contribution in [1.82, 2.24) is 4.90 Å². The molecule has 0 spiro atoms. The Morgan fingerprint density at radius 2 is 2.28 bits per heavy atom. The van der Waals surface area contributed by atoms with Crippen LogP contribution in [0.25, 0.3) is 0 Å². The van der Waals surface area contributed by atoms with Crippen LogP contribution in [0.5, 0.6) is 5.75 Å². The molecule has 3 rings (SSSR count). The van der Waals surface area contributed by atoms with Crippen molar-refractivity contribution in [2.45, 2.75) is 31.2 Å². The van der Waals surface area contributed by atoms with Crippen LogP contribution in [0.1, 0.15) is 30.7 Å². The Bertz CT molecular complexity index is 458. The summed E-state index contributed by atoms with van der Waals surface area (Å²) in [6, 6.07) is 8.81. The molecule has 1 aromatic carbocycles. The number of carbonyl (C=O) groups excluding carboxylic acids is 1. The average Bonchev–Trinajstić information content (AvgIpc) is 2.81. The highest BCUT2D eigenvalue weighted by molar-refractivity contribution is 5.80. The predicted molar refractivity (Wildman–Crippen MR) is 70.0 cm³/mol. The average molecular weight is 245 g/mol. The first-order chi connectivity index (χ1) is 8.76. The molecule has 0 bridgehead atoms. The summed E-state index contributed by atoms with van der Waals surface area (Å²) in [6.07, 6.45) is 2.60. The molecule has 96 valence electrons. The van der Waals surface area contributed by atoms with E-state index in [1.54, 1.807) is 7.11 Å². The Kier molecular flexibility index (Phi) is 3.08. The molecule has 0 radical (unpaired) electrons. The first kappa shape index (κ1) is 11.7. The lowest BCUT2D eigenvalue weighted by atomic mass is 9.94. The van der Waals surface area contributed by atoms with Crippen LogP contribution in [0.2, 0.25) is 0 Å². The zero-order chi connectivity index (χ0) is 12.5. The van der Waals surface area contributed by atoms with Gasteiger partial charge in [0.1, 0.15) is 11.5 Å². The van der Waals surface area contributed by atoms with E-state index >= 15 is 0 Å². The van der Waals surface area contributed by atoms with Gasteiger partial charge in [0.2, 0.25) is 0 Å². The standard InChI is InChI=1S/C15H19NO2/c1-18-15-4-2-3-11(8-15)12-7-13-9-14(17)5-6-16(13)10-12/h2-4,8,12-13H,5-7,9-10H2,1H3/t12-,13+/m1/s1. The number of hydrogen-bond donors (Lipinski definition) is 0. The summed E-state index contributed by atoms with van der Waals surface area (Å²) in [6.45, 7) is 2.04.